The zero-order valence-electron chi connectivity index (χ0n) is 10.9. The lowest BCUT2D eigenvalue weighted by Gasteiger charge is -2.19. The minimum absolute atomic E-state index is 0.0122. The van der Waals surface area contributed by atoms with Gasteiger partial charge in [0.1, 0.15) is 5.82 Å². The molecule has 0 radical (unpaired) electrons. The molecular weight excluding hydrogens is 315 g/mol. The average molecular weight is 333 g/mol. The van der Waals surface area contributed by atoms with Crippen molar-refractivity contribution in [1.29, 1.82) is 0 Å². The smallest absolute Gasteiger partial charge is 0.315 e. The summed E-state index contributed by atoms with van der Waals surface area (Å²) in [5.74, 6) is -0.372. The second kappa shape index (κ2) is 7.45. The van der Waals surface area contributed by atoms with E-state index in [-0.39, 0.29) is 37.0 Å². The molecule has 0 saturated heterocycles. The third-order valence-electron chi connectivity index (χ3n) is 2.88. The molecular formula is C13H18BrFN2O2. The molecule has 0 aliphatic rings. The van der Waals surface area contributed by atoms with Crippen LogP contribution in [0, 0.1) is 11.7 Å². The second-order valence-corrected chi connectivity index (χ2v) is 5.47. The first kappa shape index (κ1) is 15.9. The highest BCUT2D eigenvalue weighted by molar-refractivity contribution is 9.10. The SMILES string of the molecule is CC(CO)C(C)NC(=O)NCc1cc(F)cc(Br)c1. The van der Waals surface area contributed by atoms with E-state index < -0.39 is 0 Å². The maximum absolute atomic E-state index is 13.1. The largest absolute Gasteiger partial charge is 0.396 e. The summed E-state index contributed by atoms with van der Waals surface area (Å²) < 4.78 is 13.8. The standard InChI is InChI=1S/C13H18BrFN2O2/c1-8(7-18)9(2)17-13(19)16-6-10-3-11(14)5-12(15)4-10/h3-5,8-9,18H,6-7H2,1-2H3,(H2,16,17,19). The van der Waals surface area contributed by atoms with Crippen LogP contribution in [0.5, 0.6) is 0 Å². The molecule has 2 amide bonds. The van der Waals surface area contributed by atoms with Crippen LogP contribution in [-0.2, 0) is 6.54 Å². The molecule has 1 aromatic carbocycles. The van der Waals surface area contributed by atoms with Crippen molar-refractivity contribution in [3.63, 3.8) is 0 Å². The number of amides is 2. The Morgan fingerprint density at radius 3 is 2.68 bits per heavy atom. The number of hydrogen-bond donors (Lipinski definition) is 3. The van der Waals surface area contributed by atoms with Crippen LogP contribution < -0.4 is 10.6 Å². The zero-order valence-corrected chi connectivity index (χ0v) is 12.5. The molecule has 6 heteroatoms. The van der Waals surface area contributed by atoms with Crippen LogP contribution in [-0.4, -0.2) is 23.8 Å². The number of aliphatic hydroxyl groups is 1. The third kappa shape index (κ3) is 5.57. The lowest BCUT2D eigenvalue weighted by molar-refractivity contribution is 0.200. The van der Waals surface area contributed by atoms with E-state index in [1.807, 2.05) is 13.8 Å². The number of urea groups is 1. The van der Waals surface area contributed by atoms with Gasteiger partial charge < -0.3 is 15.7 Å². The van der Waals surface area contributed by atoms with Crippen molar-refractivity contribution in [2.75, 3.05) is 6.61 Å². The summed E-state index contributed by atoms with van der Waals surface area (Å²) in [6, 6.07) is 3.99. The molecule has 0 heterocycles. The lowest BCUT2D eigenvalue weighted by Crippen LogP contribution is -2.43. The number of carbonyl (C=O) groups is 1. The van der Waals surface area contributed by atoms with Crippen LogP contribution in [0.3, 0.4) is 0 Å². The molecule has 106 valence electrons. The average Bonchev–Trinajstić information content (AvgIpc) is 2.34. The van der Waals surface area contributed by atoms with Crippen molar-refractivity contribution in [2.24, 2.45) is 5.92 Å². The first-order valence-electron chi connectivity index (χ1n) is 6.02. The minimum Gasteiger partial charge on any atom is -0.396 e. The van der Waals surface area contributed by atoms with Gasteiger partial charge in [-0.1, -0.05) is 22.9 Å². The Hall–Kier alpha value is -1.14. The van der Waals surface area contributed by atoms with E-state index in [2.05, 4.69) is 26.6 Å². The number of aliphatic hydroxyl groups excluding tert-OH is 1. The summed E-state index contributed by atoms with van der Waals surface area (Å²) in [7, 11) is 0. The van der Waals surface area contributed by atoms with Gasteiger partial charge in [-0.2, -0.15) is 0 Å². The maximum Gasteiger partial charge on any atom is 0.315 e. The fraction of sp³-hybridized carbons (Fsp3) is 0.462. The van der Waals surface area contributed by atoms with Crippen molar-refractivity contribution >= 4 is 22.0 Å². The van der Waals surface area contributed by atoms with E-state index >= 15 is 0 Å². The van der Waals surface area contributed by atoms with Crippen LogP contribution in [0.25, 0.3) is 0 Å². The zero-order chi connectivity index (χ0) is 14.4. The molecule has 0 aliphatic heterocycles. The third-order valence-corrected chi connectivity index (χ3v) is 3.33. The van der Waals surface area contributed by atoms with Crippen molar-refractivity contribution in [3.8, 4) is 0 Å². The topological polar surface area (TPSA) is 61.4 Å². The van der Waals surface area contributed by atoms with Crippen molar-refractivity contribution in [1.82, 2.24) is 10.6 Å². The highest BCUT2D eigenvalue weighted by atomic mass is 79.9. The normalized spacial score (nSPS) is 13.7. The fourth-order valence-electron chi connectivity index (χ4n) is 1.45. The van der Waals surface area contributed by atoms with Gasteiger partial charge in [0.05, 0.1) is 0 Å². The number of halogens is 2. The molecule has 0 fully saturated rings. The molecule has 1 aromatic rings. The molecule has 0 spiro atoms. The predicted molar refractivity (Wildman–Crippen MR) is 75.2 cm³/mol. The first-order chi connectivity index (χ1) is 8.92. The summed E-state index contributed by atoms with van der Waals surface area (Å²) in [6.45, 7) is 3.91. The van der Waals surface area contributed by atoms with E-state index in [0.29, 0.717) is 10.0 Å². The van der Waals surface area contributed by atoms with Crippen molar-refractivity contribution in [3.05, 3.63) is 34.1 Å². The Bertz CT molecular complexity index is 422. The van der Waals surface area contributed by atoms with Crippen LogP contribution >= 0.6 is 15.9 Å². The summed E-state index contributed by atoms with van der Waals surface area (Å²) >= 11 is 3.19. The van der Waals surface area contributed by atoms with Crippen molar-refractivity contribution < 1.29 is 14.3 Å². The Kier molecular flexibility index (Phi) is 6.24. The summed E-state index contributed by atoms with van der Waals surface area (Å²) in [4.78, 5) is 11.6. The van der Waals surface area contributed by atoms with Gasteiger partial charge in [0, 0.05) is 23.7 Å². The summed E-state index contributed by atoms with van der Waals surface area (Å²) in [6.07, 6.45) is 0. The van der Waals surface area contributed by atoms with Gasteiger partial charge in [-0.3, -0.25) is 0 Å². The molecule has 4 nitrogen and oxygen atoms in total. The number of rotatable bonds is 5. The molecule has 0 aromatic heterocycles. The molecule has 0 saturated carbocycles. The highest BCUT2D eigenvalue weighted by Gasteiger charge is 2.13. The van der Waals surface area contributed by atoms with Gasteiger partial charge in [-0.25, -0.2) is 9.18 Å². The van der Waals surface area contributed by atoms with E-state index in [0.717, 1.165) is 0 Å². The minimum atomic E-state index is -0.353. The van der Waals surface area contributed by atoms with E-state index in [4.69, 9.17) is 5.11 Å². The summed E-state index contributed by atoms with van der Waals surface area (Å²) in [5, 5.41) is 14.3. The van der Waals surface area contributed by atoms with Gasteiger partial charge >= 0.3 is 6.03 Å². The Morgan fingerprint density at radius 1 is 1.42 bits per heavy atom. The van der Waals surface area contributed by atoms with Crippen LogP contribution in [0.15, 0.2) is 22.7 Å². The fourth-order valence-corrected chi connectivity index (χ4v) is 1.97. The number of nitrogens with one attached hydrogen (secondary N) is 2. The van der Waals surface area contributed by atoms with Crippen LogP contribution in [0.4, 0.5) is 9.18 Å². The Morgan fingerprint density at radius 2 is 2.11 bits per heavy atom. The van der Waals surface area contributed by atoms with Gasteiger partial charge in [0.25, 0.3) is 0 Å². The van der Waals surface area contributed by atoms with E-state index in [9.17, 15) is 9.18 Å². The molecule has 2 atom stereocenters. The second-order valence-electron chi connectivity index (χ2n) is 4.55. The molecule has 19 heavy (non-hydrogen) atoms. The summed E-state index contributed by atoms with van der Waals surface area (Å²) in [5.41, 5.74) is 0.671. The van der Waals surface area contributed by atoms with E-state index in [1.54, 1.807) is 6.07 Å². The quantitative estimate of drug-likeness (QED) is 0.775. The number of carbonyl (C=O) groups excluding carboxylic acids is 1. The van der Waals surface area contributed by atoms with Gasteiger partial charge in [0.15, 0.2) is 0 Å². The lowest BCUT2D eigenvalue weighted by atomic mass is 10.1. The number of hydrogen-bond acceptors (Lipinski definition) is 2. The van der Waals surface area contributed by atoms with Gasteiger partial charge in [-0.05, 0) is 36.6 Å². The van der Waals surface area contributed by atoms with E-state index in [1.165, 1.54) is 12.1 Å². The molecule has 0 aliphatic carbocycles. The predicted octanol–water partition coefficient (Wildman–Crippen LogP) is 2.40. The van der Waals surface area contributed by atoms with Gasteiger partial charge in [-0.15, -0.1) is 0 Å². The maximum atomic E-state index is 13.1. The number of benzene rings is 1. The molecule has 2 unspecified atom stereocenters. The van der Waals surface area contributed by atoms with Gasteiger partial charge in [0.2, 0.25) is 0 Å². The molecule has 0 bridgehead atoms. The highest BCUT2D eigenvalue weighted by Crippen LogP contribution is 2.14. The monoisotopic (exact) mass is 332 g/mol. The molecule has 3 N–H and O–H groups in total. The first-order valence-corrected chi connectivity index (χ1v) is 6.82. The van der Waals surface area contributed by atoms with Crippen molar-refractivity contribution in [2.45, 2.75) is 26.4 Å². The van der Waals surface area contributed by atoms with Crippen LogP contribution in [0.1, 0.15) is 19.4 Å². The molecule has 1 rings (SSSR count). The Balaban J connectivity index is 2.46. The van der Waals surface area contributed by atoms with Crippen LogP contribution in [0.2, 0.25) is 0 Å². The Labute approximate surface area is 120 Å².